The zero-order valence-corrected chi connectivity index (χ0v) is 14.0. The first-order chi connectivity index (χ1) is 11.8. The summed E-state index contributed by atoms with van der Waals surface area (Å²) >= 11 is 0. The molecule has 132 valence electrons. The molecule has 1 saturated heterocycles. The Labute approximate surface area is 143 Å². The zero-order chi connectivity index (χ0) is 18.1. The molecule has 0 aliphatic carbocycles. The minimum Gasteiger partial charge on any atom is -0.488 e. The molecule has 1 atom stereocenters. The first-order valence-corrected chi connectivity index (χ1v) is 7.94. The largest absolute Gasteiger partial charge is 0.488 e. The average Bonchev–Trinajstić information content (AvgIpc) is 3.03. The monoisotopic (exact) mass is 348 g/mol. The van der Waals surface area contributed by atoms with E-state index in [1.165, 1.54) is 21.6 Å². The van der Waals surface area contributed by atoms with Gasteiger partial charge in [0.25, 0.3) is 11.5 Å². The standard InChI is InChI=1S/C18H18F2N2O3/c1-11-7-14(9-17(23)21(11)2)25-13-5-6-22(10-13)18(24)12-3-4-15(19)16(20)8-12/h3-4,7-9,13H,5-6,10H2,1-2H3/t13-/m0/s1. The summed E-state index contributed by atoms with van der Waals surface area (Å²) in [5.74, 6) is -1.94. The molecule has 1 aliphatic rings. The zero-order valence-electron chi connectivity index (χ0n) is 14.0. The van der Waals surface area contributed by atoms with Gasteiger partial charge in [-0.05, 0) is 31.2 Å². The second kappa shape index (κ2) is 6.66. The van der Waals surface area contributed by atoms with Crippen LogP contribution < -0.4 is 10.3 Å². The first kappa shape index (κ1) is 17.1. The molecule has 0 N–H and O–H groups in total. The van der Waals surface area contributed by atoms with Crippen LogP contribution in [0, 0.1) is 18.6 Å². The molecule has 25 heavy (non-hydrogen) atoms. The SMILES string of the molecule is Cc1cc(O[C@H]2CCN(C(=O)c3ccc(F)c(F)c3)C2)cc(=O)n1C. The summed E-state index contributed by atoms with van der Waals surface area (Å²) in [6.07, 6.45) is 0.352. The molecular formula is C18H18F2N2O3. The fourth-order valence-electron chi connectivity index (χ4n) is 2.82. The maximum Gasteiger partial charge on any atom is 0.254 e. The molecule has 0 bridgehead atoms. The van der Waals surface area contributed by atoms with Gasteiger partial charge in [0.1, 0.15) is 11.9 Å². The van der Waals surface area contributed by atoms with Gasteiger partial charge in [0, 0.05) is 37.3 Å². The molecule has 2 aromatic rings. The van der Waals surface area contributed by atoms with Gasteiger partial charge < -0.3 is 14.2 Å². The van der Waals surface area contributed by atoms with E-state index < -0.39 is 11.6 Å². The highest BCUT2D eigenvalue weighted by molar-refractivity contribution is 5.94. The van der Waals surface area contributed by atoms with Gasteiger partial charge in [-0.2, -0.15) is 0 Å². The molecule has 1 fully saturated rings. The van der Waals surface area contributed by atoms with Crippen LogP contribution in [0.25, 0.3) is 0 Å². The highest BCUT2D eigenvalue weighted by Gasteiger charge is 2.28. The van der Waals surface area contributed by atoms with Crippen molar-refractivity contribution in [3.05, 3.63) is 63.6 Å². The number of hydrogen-bond acceptors (Lipinski definition) is 3. The number of nitrogens with zero attached hydrogens (tertiary/aromatic N) is 2. The third kappa shape index (κ3) is 3.55. The summed E-state index contributed by atoms with van der Waals surface area (Å²) in [4.78, 5) is 25.7. The van der Waals surface area contributed by atoms with E-state index in [4.69, 9.17) is 4.74 Å². The summed E-state index contributed by atoms with van der Waals surface area (Å²) in [7, 11) is 1.68. The molecule has 0 unspecified atom stereocenters. The second-order valence-electron chi connectivity index (χ2n) is 6.14. The van der Waals surface area contributed by atoms with E-state index in [9.17, 15) is 18.4 Å². The van der Waals surface area contributed by atoms with Gasteiger partial charge in [-0.25, -0.2) is 8.78 Å². The number of pyridine rings is 1. The Morgan fingerprint density at radius 2 is 1.96 bits per heavy atom. The predicted octanol–water partition coefficient (Wildman–Crippen LogP) is 2.27. The Morgan fingerprint density at radius 3 is 2.64 bits per heavy atom. The average molecular weight is 348 g/mol. The van der Waals surface area contributed by atoms with Gasteiger partial charge in [0.2, 0.25) is 0 Å². The topological polar surface area (TPSA) is 51.5 Å². The molecule has 1 aliphatic heterocycles. The fraction of sp³-hybridized carbons (Fsp3) is 0.333. The molecule has 0 spiro atoms. The van der Waals surface area contributed by atoms with Crippen LogP contribution in [0.4, 0.5) is 8.78 Å². The van der Waals surface area contributed by atoms with Gasteiger partial charge in [0.05, 0.1) is 6.54 Å². The molecule has 1 amide bonds. The van der Waals surface area contributed by atoms with Gasteiger partial charge in [0.15, 0.2) is 11.6 Å². The smallest absolute Gasteiger partial charge is 0.254 e. The lowest BCUT2D eigenvalue weighted by Gasteiger charge is -2.18. The van der Waals surface area contributed by atoms with Gasteiger partial charge in [-0.1, -0.05) is 0 Å². The van der Waals surface area contributed by atoms with Crippen molar-refractivity contribution in [1.82, 2.24) is 9.47 Å². The van der Waals surface area contributed by atoms with Crippen LogP contribution in [0.5, 0.6) is 5.75 Å². The van der Waals surface area contributed by atoms with Crippen LogP contribution in [0.3, 0.4) is 0 Å². The number of carbonyl (C=O) groups is 1. The van der Waals surface area contributed by atoms with Crippen LogP contribution >= 0.6 is 0 Å². The lowest BCUT2D eigenvalue weighted by atomic mass is 10.2. The van der Waals surface area contributed by atoms with Gasteiger partial charge in [-0.15, -0.1) is 0 Å². The summed E-state index contributed by atoms with van der Waals surface area (Å²) in [6, 6.07) is 6.28. The highest BCUT2D eigenvalue weighted by Crippen LogP contribution is 2.20. The minimum absolute atomic E-state index is 0.101. The summed E-state index contributed by atoms with van der Waals surface area (Å²) in [5, 5.41) is 0. The van der Waals surface area contributed by atoms with Crippen molar-refractivity contribution < 1.29 is 18.3 Å². The Balaban J connectivity index is 1.68. The highest BCUT2D eigenvalue weighted by atomic mass is 19.2. The van der Waals surface area contributed by atoms with Crippen molar-refractivity contribution in [2.24, 2.45) is 7.05 Å². The number of benzene rings is 1. The van der Waals surface area contributed by atoms with Gasteiger partial charge in [-0.3, -0.25) is 9.59 Å². The van der Waals surface area contributed by atoms with Crippen molar-refractivity contribution in [2.45, 2.75) is 19.4 Å². The number of aromatic nitrogens is 1. The van der Waals surface area contributed by atoms with E-state index >= 15 is 0 Å². The molecular weight excluding hydrogens is 330 g/mol. The number of amides is 1. The maximum atomic E-state index is 13.3. The van der Waals surface area contributed by atoms with Gasteiger partial charge >= 0.3 is 0 Å². The summed E-state index contributed by atoms with van der Waals surface area (Å²) in [6.45, 7) is 2.58. The number of halogens is 2. The molecule has 1 aromatic heterocycles. The van der Waals surface area contributed by atoms with Crippen molar-refractivity contribution in [1.29, 1.82) is 0 Å². The normalized spacial score (nSPS) is 17.0. The van der Waals surface area contributed by atoms with Crippen molar-refractivity contribution in [2.75, 3.05) is 13.1 Å². The maximum absolute atomic E-state index is 13.3. The van der Waals surface area contributed by atoms with Crippen molar-refractivity contribution in [3.8, 4) is 5.75 Å². The van der Waals surface area contributed by atoms with Crippen LogP contribution in [0.15, 0.2) is 35.1 Å². The Kier molecular flexibility index (Phi) is 4.57. The van der Waals surface area contributed by atoms with Crippen molar-refractivity contribution >= 4 is 5.91 Å². The van der Waals surface area contributed by atoms with E-state index in [0.717, 1.165) is 17.8 Å². The number of aryl methyl sites for hydroxylation is 1. The first-order valence-electron chi connectivity index (χ1n) is 7.94. The molecule has 1 aromatic carbocycles. The number of hydrogen-bond donors (Lipinski definition) is 0. The lowest BCUT2D eigenvalue weighted by molar-refractivity contribution is 0.0771. The number of rotatable bonds is 3. The lowest BCUT2D eigenvalue weighted by Crippen LogP contribution is -2.31. The van der Waals surface area contributed by atoms with Crippen LogP contribution in [0.1, 0.15) is 22.5 Å². The summed E-state index contributed by atoms with van der Waals surface area (Å²) < 4.78 is 33.6. The van der Waals surface area contributed by atoms with Crippen LogP contribution in [0.2, 0.25) is 0 Å². The molecule has 3 rings (SSSR count). The molecule has 5 nitrogen and oxygen atoms in total. The number of carbonyl (C=O) groups excluding carboxylic acids is 1. The number of ether oxygens (including phenoxy) is 1. The van der Waals surface area contributed by atoms with Crippen LogP contribution in [-0.2, 0) is 7.05 Å². The minimum atomic E-state index is -1.05. The van der Waals surface area contributed by atoms with E-state index in [2.05, 4.69) is 0 Å². The summed E-state index contributed by atoms with van der Waals surface area (Å²) in [5.41, 5.74) is 0.710. The van der Waals surface area contributed by atoms with Crippen molar-refractivity contribution in [3.63, 3.8) is 0 Å². The third-order valence-electron chi connectivity index (χ3n) is 4.38. The van der Waals surface area contributed by atoms with E-state index in [1.54, 1.807) is 13.1 Å². The third-order valence-corrected chi connectivity index (χ3v) is 4.38. The number of likely N-dealkylation sites (tertiary alicyclic amines) is 1. The quantitative estimate of drug-likeness (QED) is 0.855. The Hall–Kier alpha value is -2.70. The molecule has 0 saturated carbocycles. The fourth-order valence-corrected chi connectivity index (χ4v) is 2.82. The Bertz CT molecular complexity index is 879. The molecule has 2 heterocycles. The molecule has 7 heteroatoms. The second-order valence-corrected chi connectivity index (χ2v) is 6.14. The van der Waals surface area contributed by atoms with Crippen LogP contribution in [-0.4, -0.2) is 34.6 Å². The predicted molar refractivity (Wildman–Crippen MR) is 87.7 cm³/mol. The van der Waals surface area contributed by atoms with E-state index in [1.807, 2.05) is 6.92 Å². The Morgan fingerprint density at radius 1 is 1.20 bits per heavy atom. The van der Waals surface area contributed by atoms with E-state index in [-0.39, 0.29) is 23.1 Å². The van der Waals surface area contributed by atoms with E-state index in [0.29, 0.717) is 25.3 Å². The molecule has 0 radical (unpaired) electrons.